The van der Waals surface area contributed by atoms with Crippen molar-refractivity contribution < 1.29 is 13.3 Å². The Balaban J connectivity index is 0.928. The molecule has 10 aromatic carbocycles. The first-order valence-electron chi connectivity index (χ1n) is 21.0. The lowest BCUT2D eigenvalue weighted by atomic mass is 9.97. The molecule has 0 amide bonds. The van der Waals surface area contributed by atoms with Crippen LogP contribution in [0.4, 0.5) is 17.1 Å². The van der Waals surface area contributed by atoms with E-state index in [-0.39, 0.29) is 0 Å². The van der Waals surface area contributed by atoms with E-state index in [4.69, 9.17) is 13.3 Å². The number of rotatable bonds is 6. The zero-order valence-electron chi connectivity index (χ0n) is 33.4. The molecule has 0 aliphatic rings. The summed E-state index contributed by atoms with van der Waals surface area (Å²) in [5.41, 5.74) is 15.4. The average molecular weight is 794 g/mol. The van der Waals surface area contributed by atoms with E-state index >= 15 is 0 Å². The van der Waals surface area contributed by atoms with Crippen molar-refractivity contribution >= 4 is 93.7 Å². The molecule has 0 N–H and O–H groups in total. The van der Waals surface area contributed by atoms with Crippen molar-refractivity contribution in [3.63, 3.8) is 0 Å². The zero-order chi connectivity index (χ0) is 40.7. The number of benzene rings is 10. The maximum atomic E-state index is 6.55. The molecule has 13 aromatic rings. The third kappa shape index (κ3) is 5.33. The molecule has 62 heavy (non-hydrogen) atoms. The van der Waals surface area contributed by atoms with Gasteiger partial charge in [-0.15, -0.1) is 0 Å². The summed E-state index contributed by atoms with van der Waals surface area (Å²) in [5.74, 6) is 0. The number of fused-ring (bicyclic) bond motifs is 11. The van der Waals surface area contributed by atoms with Crippen LogP contribution in [0.3, 0.4) is 0 Å². The SMILES string of the molecule is c1ccc2c(c1)ccc1c2oc2cccc(-c3ccc(N(c4ccc(-c5cccc6oc7ccccc7c56)cc4)c4ccc(-c5cccc6oc7ccccc7c56)cc4)cc3)c21. The summed E-state index contributed by atoms with van der Waals surface area (Å²) in [6, 6.07) is 75.0. The minimum absolute atomic E-state index is 0.887. The molecular formula is C58H35NO3. The fourth-order valence-corrected chi connectivity index (χ4v) is 9.64. The Morgan fingerprint density at radius 1 is 0.258 bits per heavy atom. The van der Waals surface area contributed by atoms with E-state index < -0.39 is 0 Å². The first-order valence-corrected chi connectivity index (χ1v) is 21.0. The second-order valence-electron chi connectivity index (χ2n) is 16.0. The lowest BCUT2D eigenvalue weighted by Crippen LogP contribution is -2.09. The van der Waals surface area contributed by atoms with E-state index in [1.165, 1.54) is 5.39 Å². The highest BCUT2D eigenvalue weighted by molar-refractivity contribution is 6.19. The van der Waals surface area contributed by atoms with Crippen LogP contribution in [0.2, 0.25) is 0 Å². The lowest BCUT2D eigenvalue weighted by Gasteiger charge is -2.26. The van der Waals surface area contributed by atoms with Gasteiger partial charge in [0.15, 0.2) is 0 Å². The van der Waals surface area contributed by atoms with Crippen LogP contribution in [0.15, 0.2) is 226 Å². The van der Waals surface area contributed by atoms with Crippen LogP contribution in [0.5, 0.6) is 0 Å². The van der Waals surface area contributed by atoms with Crippen LogP contribution in [0.25, 0.3) is 110 Å². The predicted octanol–water partition coefficient (Wildman–Crippen LogP) is 17.0. The van der Waals surface area contributed by atoms with Gasteiger partial charge in [-0.3, -0.25) is 0 Å². The fraction of sp³-hybridized carbons (Fsp3) is 0. The Morgan fingerprint density at radius 3 is 1.13 bits per heavy atom. The first kappa shape index (κ1) is 34.5. The van der Waals surface area contributed by atoms with Crippen LogP contribution < -0.4 is 4.90 Å². The number of anilines is 3. The molecule has 0 saturated heterocycles. The van der Waals surface area contributed by atoms with Gasteiger partial charge in [0.2, 0.25) is 0 Å². The van der Waals surface area contributed by atoms with Crippen LogP contribution >= 0.6 is 0 Å². The van der Waals surface area contributed by atoms with Gasteiger partial charge >= 0.3 is 0 Å². The summed E-state index contributed by atoms with van der Waals surface area (Å²) >= 11 is 0. The van der Waals surface area contributed by atoms with E-state index in [2.05, 4.69) is 193 Å². The quantitative estimate of drug-likeness (QED) is 0.168. The number of hydrogen-bond donors (Lipinski definition) is 0. The highest BCUT2D eigenvalue weighted by Crippen LogP contribution is 2.44. The highest BCUT2D eigenvalue weighted by atomic mass is 16.3. The van der Waals surface area contributed by atoms with Gasteiger partial charge in [-0.25, -0.2) is 0 Å². The van der Waals surface area contributed by atoms with Crippen molar-refractivity contribution in [3.8, 4) is 33.4 Å². The average Bonchev–Trinajstić information content (AvgIpc) is 4.04. The van der Waals surface area contributed by atoms with Crippen molar-refractivity contribution in [1.29, 1.82) is 0 Å². The number of furan rings is 3. The molecule has 0 spiro atoms. The Bertz CT molecular complexity index is 3690. The molecular weight excluding hydrogens is 759 g/mol. The molecule has 0 saturated carbocycles. The maximum Gasteiger partial charge on any atom is 0.143 e. The third-order valence-corrected chi connectivity index (χ3v) is 12.5. The van der Waals surface area contributed by atoms with Crippen LogP contribution in [-0.2, 0) is 0 Å². The van der Waals surface area contributed by atoms with Gasteiger partial charge < -0.3 is 18.2 Å². The maximum absolute atomic E-state index is 6.55. The highest BCUT2D eigenvalue weighted by Gasteiger charge is 2.19. The molecule has 0 atom stereocenters. The first-order chi connectivity index (χ1) is 30.7. The van der Waals surface area contributed by atoms with Gasteiger partial charge in [-0.05, 0) is 112 Å². The van der Waals surface area contributed by atoms with Gasteiger partial charge in [0.25, 0.3) is 0 Å². The van der Waals surface area contributed by atoms with Crippen LogP contribution in [0.1, 0.15) is 0 Å². The zero-order valence-corrected chi connectivity index (χ0v) is 33.4. The van der Waals surface area contributed by atoms with Crippen molar-refractivity contribution in [2.75, 3.05) is 4.90 Å². The van der Waals surface area contributed by atoms with Gasteiger partial charge in [-0.2, -0.15) is 0 Å². The summed E-state index contributed by atoms with van der Waals surface area (Å²) in [7, 11) is 0. The Kier molecular flexibility index (Phi) is 7.57. The molecule has 0 fully saturated rings. The standard InChI is InChI=1S/C58H35NO3/c1-2-11-46-36(10-1)28-35-49-57-45(16-9-21-54(57)62-58(46)49)39-26-33-42(34-27-39)59(40-29-22-37(23-30-40)43-14-7-19-52-55(43)47-12-3-5-17-50(47)60-52)41-31-24-38(25-32-41)44-15-8-20-53-56(44)48-13-4-6-18-51(48)61-53/h1-35H. The summed E-state index contributed by atoms with van der Waals surface area (Å²) in [5, 5.41) is 9.06. The summed E-state index contributed by atoms with van der Waals surface area (Å²) in [4.78, 5) is 2.33. The smallest absolute Gasteiger partial charge is 0.143 e. The summed E-state index contributed by atoms with van der Waals surface area (Å²) < 4.78 is 19.1. The predicted molar refractivity (Wildman–Crippen MR) is 257 cm³/mol. The van der Waals surface area contributed by atoms with E-state index in [0.29, 0.717) is 0 Å². The molecule has 4 heteroatoms. The minimum atomic E-state index is 0.887. The number of nitrogens with zero attached hydrogens (tertiary/aromatic N) is 1. The van der Waals surface area contributed by atoms with Crippen LogP contribution in [0, 0.1) is 0 Å². The molecule has 0 bridgehead atoms. The second kappa shape index (κ2) is 13.6. The van der Waals surface area contributed by atoms with Gasteiger partial charge in [0, 0.05) is 54.8 Å². The number of para-hydroxylation sites is 2. The molecule has 0 aliphatic carbocycles. The third-order valence-electron chi connectivity index (χ3n) is 12.5. The minimum Gasteiger partial charge on any atom is -0.456 e. The van der Waals surface area contributed by atoms with Gasteiger partial charge in [-0.1, -0.05) is 140 Å². The van der Waals surface area contributed by atoms with E-state index in [1.54, 1.807) is 0 Å². The molecule has 13 rings (SSSR count). The lowest BCUT2D eigenvalue weighted by molar-refractivity contribution is 0.668. The van der Waals surface area contributed by atoms with Crippen molar-refractivity contribution in [1.82, 2.24) is 0 Å². The van der Waals surface area contributed by atoms with Gasteiger partial charge in [0.05, 0.1) is 0 Å². The number of hydrogen-bond acceptors (Lipinski definition) is 4. The van der Waals surface area contributed by atoms with Crippen molar-refractivity contribution in [2.45, 2.75) is 0 Å². The monoisotopic (exact) mass is 793 g/mol. The Morgan fingerprint density at radius 2 is 0.645 bits per heavy atom. The molecule has 0 unspecified atom stereocenters. The van der Waals surface area contributed by atoms with Crippen molar-refractivity contribution in [3.05, 3.63) is 212 Å². The van der Waals surface area contributed by atoms with Crippen molar-refractivity contribution in [2.24, 2.45) is 0 Å². The molecule has 3 heterocycles. The van der Waals surface area contributed by atoms with Gasteiger partial charge in [0.1, 0.15) is 33.5 Å². The topological polar surface area (TPSA) is 42.7 Å². The Hall–Kier alpha value is -8.34. The summed E-state index contributed by atoms with van der Waals surface area (Å²) in [6.07, 6.45) is 0. The largest absolute Gasteiger partial charge is 0.456 e. The molecule has 290 valence electrons. The fourth-order valence-electron chi connectivity index (χ4n) is 9.64. The molecule has 3 aromatic heterocycles. The molecule has 0 radical (unpaired) electrons. The molecule has 0 aliphatic heterocycles. The second-order valence-corrected chi connectivity index (χ2v) is 16.0. The normalized spacial score (nSPS) is 11.9. The van der Waals surface area contributed by atoms with Crippen LogP contribution in [-0.4, -0.2) is 0 Å². The van der Waals surface area contributed by atoms with E-state index in [9.17, 15) is 0 Å². The van der Waals surface area contributed by atoms with E-state index in [0.717, 1.165) is 122 Å². The Labute approximate surface area is 356 Å². The van der Waals surface area contributed by atoms with E-state index in [1.807, 2.05) is 24.3 Å². The summed E-state index contributed by atoms with van der Waals surface area (Å²) in [6.45, 7) is 0. The molecule has 4 nitrogen and oxygen atoms in total.